The molecule has 2 aromatic heterocycles. The van der Waals surface area contributed by atoms with E-state index in [9.17, 15) is 0 Å². The third-order valence-corrected chi connectivity index (χ3v) is 4.97. The molecule has 0 amide bonds. The highest BCUT2D eigenvalue weighted by Gasteiger charge is 2.27. The standard InChI is InChI=1S/C17H20N4OS/c1-17(2,3)16-19-12-8-11(6-7-13(12)22-16)18-9-14-20-21-15(23-14)10-4-5-10/h6-8,10,18H,4-5,9H2,1-3H3. The average molecular weight is 328 g/mol. The molecule has 1 aliphatic carbocycles. The Morgan fingerprint density at radius 1 is 1.26 bits per heavy atom. The van der Waals surface area contributed by atoms with E-state index in [-0.39, 0.29) is 5.41 Å². The molecule has 0 aliphatic heterocycles. The second kappa shape index (κ2) is 5.30. The van der Waals surface area contributed by atoms with Crippen molar-refractivity contribution in [1.29, 1.82) is 0 Å². The number of hydrogen-bond donors (Lipinski definition) is 1. The van der Waals surface area contributed by atoms with Gasteiger partial charge in [-0.25, -0.2) is 4.98 Å². The van der Waals surface area contributed by atoms with Gasteiger partial charge in [0.05, 0.1) is 6.54 Å². The molecule has 6 heteroatoms. The van der Waals surface area contributed by atoms with Gasteiger partial charge in [-0.05, 0) is 31.0 Å². The van der Waals surface area contributed by atoms with Gasteiger partial charge >= 0.3 is 0 Å². The number of nitrogens with one attached hydrogen (secondary N) is 1. The highest BCUT2D eigenvalue weighted by Crippen LogP contribution is 2.41. The predicted molar refractivity (Wildman–Crippen MR) is 91.9 cm³/mol. The minimum absolute atomic E-state index is 0.0849. The Kier molecular flexibility index (Phi) is 3.37. The summed E-state index contributed by atoms with van der Waals surface area (Å²) < 4.78 is 5.83. The number of nitrogens with zero attached hydrogens (tertiary/aromatic N) is 3. The van der Waals surface area contributed by atoms with E-state index in [1.165, 1.54) is 17.8 Å². The quantitative estimate of drug-likeness (QED) is 0.765. The number of fused-ring (bicyclic) bond motifs is 1. The predicted octanol–water partition coefficient (Wildman–Crippen LogP) is 4.47. The van der Waals surface area contributed by atoms with Crippen LogP contribution in [0.5, 0.6) is 0 Å². The Balaban J connectivity index is 1.49. The highest BCUT2D eigenvalue weighted by molar-refractivity contribution is 7.11. The molecule has 0 radical (unpaired) electrons. The van der Waals surface area contributed by atoms with Crippen LogP contribution < -0.4 is 5.32 Å². The van der Waals surface area contributed by atoms with Gasteiger partial charge in [0.2, 0.25) is 5.89 Å². The van der Waals surface area contributed by atoms with Gasteiger partial charge in [-0.2, -0.15) is 0 Å². The maximum atomic E-state index is 5.83. The van der Waals surface area contributed by atoms with Gasteiger partial charge in [-0.1, -0.05) is 32.1 Å². The number of hydrogen-bond acceptors (Lipinski definition) is 6. The monoisotopic (exact) mass is 328 g/mol. The van der Waals surface area contributed by atoms with Crippen LogP contribution >= 0.6 is 11.3 Å². The summed E-state index contributed by atoms with van der Waals surface area (Å²) >= 11 is 1.71. The van der Waals surface area contributed by atoms with Crippen LogP contribution in [0.2, 0.25) is 0 Å². The van der Waals surface area contributed by atoms with Gasteiger partial charge in [0.1, 0.15) is 15.5 Å². The molecule has 1 N–H and O–H groups in total. The van der Waals surface area contributed by atoms with E-state index >= 15 is 0 Å². The van der Waals surface area contributed by atoms with Crippen molar-refractivity contribution in [1.82, 2.24) is 15.2 Å². The zero-order valence-electron chi connectivity index (χ0n) is 13.6. The average Bonchev–Trinajstić information content (AvgIpc) is 3.09. The minimum Gasteiger partial charge on any atom is -0.440 e. The van der Waals surface area contributed by atoms with Gasteiger partial charge in [0.25, 0.3) is 0 Å². The second-order valence-corrected chi connectivity index (χ2v) is 8.21. The number of anilines is 1. The molecule has 120 valence electrons. The molecule has 1 aromatic carbocycles. The van der Waals surface area contributed by atoms with Crippen molar-refractivity contribution < 1.29 is 4.42 Å². The van der Waals surface area contributed by atoms with Crippen LogP contribution in [0.15, 0.2) is 22.6 Å². The van der Waals surface area contributed by atoms with Gasteiger partial charge in [-0.15, -0.1) is 10.2 Å². The first-order valence-electron chi connectivity index (χ1n) is 7.96. The van der Waals surface area contributed by atoms with E-state index < -0.39 is 0 Å². The van der Waals surface area contributed by atoms with Gasteiger partial charge in [0, 0.05) is 17.0 Å². The summed E-state index contributed by atoms with van der Waals surface area (Å²) in [5, 5.41) is 14.1. The molecular formula is C17H20N4OS. The molecule has 0 unspecified atom stereocenters. The zero-order chi connectivity index (χ0) is 16.0. The first kappa shape index (κ1) is 14.6. The molecule has 0 spiro atoms. The molecule has 0 bridgehead atoms. The zero-order valence-corrected chi connectivity index (χ0v) is 14.4. The highest BCUT2D eigenvalue weighted by atomic mass is 32.1. The lowest BCUT2D eigenvalue weighted by Gasteiger charge is -2.11. The third-order valence-electron chi connectivity index (χ3n) is 3.88. The van der Waals surface area contributed by atoms with E-state index in [1.54, 1.807) is 11.3 Å². The van der Waals surface area contributed by atoms with Crippen LogP contribution in [-0.4, -0.2) is 15.2 Å². The van der Waals surface area contributed by atoms with Crippen molar-refractivity contribution in [3.63, 3.8) is 0 Å². The van der Waals surface area contributed by atoms with Gasteiger partial charge in [0.15, 0.2) is 5.58 Å². The van der Waals surface area contributed by atoms with Crippen LogP contribution in [0, 0.1) is 0 Å². The Morgan fingerprint density at radius 2 is 2.09 bits per heavy atom. The van der Waals surface area contributed by atoms with E-state index in [4.69, 9.17) is 4.42 Å². The topological polar surface area (TPSA) is 63.8 Å². The summed E-state index contributed by atoms with van der Waals surface area (Å²) in [5.41, 5.74) is 2.65. The van der Waals surface area contributed by atoms with Crippen LogP contribution in [0.3, 0.4) is 0 Å². The molecule has 1 fully saturated rings. The summed E-state index contributed by atoms with van der Waals surface area (Å²) in [6.45, 7) is 7.00. The van der Waals surface area contributed by atoms with Crippen LogP contribution in [0.25, 0.3) is 11.1 Å². The maximum Gasteiger partial charge on any atom is 0.200 e. The first-order valence-corrected chi connectivity index (χ1v) is 8.78. The molecule has 3 aromatic rings. The van der Waals surface area contributed by atoms with Crippen molar-refractivity contribution in [2.45, 2.75) is 51.5 Å². The molecule has 1 aliphatic rings. The summed E-state index contributed by atoms with van der Waals surface area (Å²) in [4.78, 5) is 4.60. The van der Waals surface area contributed by atoms with Crippen LogP contribution in [0.1, 0.15) is 55.4 Å². The lowest BCUT2D eigenvalue weighted by atomic mass is 9.97. The number of oxazole rings is 1. The lowest BCUT2D eigenvalue weighted by molar-refractivity contribution is 0.411. The normalized spacial score (nSPS) is 15.3. The second-order valence-electron chi connectivity index (χ2n) is 7.11. The van der Waals surface area contributed by atoms with Crippen molar-refractivity contribution >= 4 is 28.1 Å². The molecule has 23 heavy (non-hydrogen) atoms. The smallest absolute Gasteiger partial charge is 0.200 e. The van der Waals surface area contributed by atoms with Crippen LogP contribution in [-0.2, 0) is 12.0 Å². The fraction of sp³-hybridized carbons (Fsp3) is 0.471. The molecule has 5 nitrogen and oxygen atoms in total. The molecule has 0 saturated heterocycles. The largest absolute Gasteiger partial charge is 0.440 e. The molecule has 4 rings (SSSR count). The van der Waals surface area contributed by atoms with Gasteiger partial charge in [-0.3, -0.25) is 0 Å². The lowest BCUT2D eigenvalue weighted by Crippen LogP contribution is -2.10. The van der Waals surface area contributed by atoms with Crippen LogP contribution in [0.4, 0.5) is 5.69 Å². The molecule has 2 heterocycles. The summed E-state index contributed by atoms with van der Waals surface area (Å²) in [5.74, 6) is 1.44. The van der Waals surface area contributed by atoms with Crippen molar-refractivity contribution in [3.05, 3.63) is 34.1 Å². The summed E-state index contributed by atoms with van der Waals surface area (Å²) in [6.07, 6.45) is 2.53. The van der Waals surface area contributed by atoms with Gasteiger partial charge < -0.3 is 9.73 Å². The minimum atomic E-state index is -0.0849. The number of rotatable bonds is 4. The number of benzene rings is 1. The van der Waals surface area contributed by atoms with E-state index in [0.717, 1.165) is 27.7 Å². The molecule has 1 saturated carbocycles. The fourth-order valence-electron chi connectivity index (χ4n) is 2.37. The summed E-state index contributed by atoms with van der Waals surface area (Å²) in [6, 6.07) is 6.01. The Bertz CT molecular complexity index is 842. The first-order chi connectivity index (χ1) is 11.0. The van der Waals surface area contributed by atoms with E-state index in [0.29, 0.717) is 12.5 Å². The number of aromatic nitrogens is 3. The Morgan fingerprint density at radius 3 is 2.83 bits per heavy atom. The fourth-order valence-corrected chi connectivity index (χ4v) is 3.32. The summed E-state index contributed by atoms with van der Waals surface area (Å²) in [7, 11) is 0. The van der Waals surface area contributed by atoms with Crippen molar-refractivity contribution in [2.24, 2.45) is 0 Å². The van der Waals surface area contributed by atoms with Crippen molar-refractivity contribution in [3.8, 4) is 0 Å². The van der Waals surface area contributed by atoms with Crippen molar-refractivity contribution in [2.75, 3.05) is 5.32 Å². The Hall–Kier alpha value is -1.95. The Labute approximate surface area is 139 Å². The SMILES string of the molecule is CC(C)(C)c1nc2cc(NCc3nnc(C4CC4)s3)ccc2o1. The molecular weight excluding hydrogens is 308 g/mol. The maximum absolute atomic E-state index is 5.83. The van der Waals surface area contributed by atoms with E-state index in [1.807, 2.05) is 18.2 Å². The molecule has 0 atom stereocenters. The third kappa shape index (κ3) is 3.08. The van der Waals surface area contributed by atoms with E-state index in [2.05, 4.69) is 41.3 Å².